The Kier molecular flexibility index (Phi) is 19.0. The molecule has 0 aliphatic heterocycles. The highest BCUT2D eigenvalue weighted by Crippen LogP contribution is 1.92. The van der Waals surface area contributed by atoms with Crippen molar-refractivity contribution < 1.29 is 14.9 Å². The van der Waals surface area contributed by atoms with E-state index < -0.39 is 0 Å². The first-order valence-electron chi connectivity index (χ1n) is 5.96. The maximum atomic E-state index is 8.24. The average Bonchev–Trinajstić information content (AvgIpc) is 2.39. The highest BCUT2D eigenvalue weighted by molar-refractivity contribution is 5.11. The highest BCUT2D eigenvalue weighted by atomic mass is 16.5. The van der Waals surface area contributed by atoms with Gasteiger partial charge in [-0.15, -0.1) is 0 Å². The standard InChI is InChI=1S/C7H8.C6H14O2.CH4O/c1-7-5-3-2-4-6-7;1-2-3-5-8-6-4-7;1-2/h2-6H,1H3;7H,2-6H2,1H3;2H,1H3. The number of aliphatic hydroxyl groups excluding tert-OH is 2. The molecule has 0 saturated heterocycles. The molecule has 0 heterocycles. The molecule has 0 atom stereocenters. The smallest absolute Gasteiger partial charge is 0.0697 e. The third-order valence-corrected chi connectivity index (χ3v) is 1.82. The lowest BCUT2D eigenvalue weighted by atomic mass is 10.2. The van der Waals surface area contributed by atoms with Gasteiger partial charge in [0.05, 0.1) is 13.2 Å². The van der Waals surface area contributed by atoms with Gasteiger partial charge in [0.1, 0.15) is 0 Å². The molecular weight excluding hydrogens is 216 g/mol. The minimum absolute atomic E-state index is 0.143. The van der Waals surface area contributed by atoms with E-state index in [4.69, 9.17) is 14.9 Å². The van der Waals surface area contributed by atoms with E-state index in [1.165, 1.54) is 5.56 Å². The van der Waals surface area contributed by atoms with Gasteiger partial charge in [-0.2, -0.15) is 0 Å². The van der Waals surface area contributed by atoms with Crippen molar-refractivity contribution in [3.8, 4) is 0 Å². The molecule has 0 unspecified atom stereocenters. The fourth-order valence-electron chi connectivity index (χ4n) is 0.947. The molecule has 3 heteroatoms. The number of unbranched alkanes of at least 4 members (excludes halogenated alkanes) is 1. The van der Waals surface area contributed by atoms with Gasteiger partial charge in [-0.1, -0.05) is 49.2 Å². The molecule has 0 fully saturated rings. The van der Waals surface area contributed by atoms with Crippen LogP contribution in [-0.2, 0) is 4.74 Å². The molecule has 2 N–H and O–H groups in total. The predicted octanol–water partition coefficient (Wildman–Crippen LogP) is 2.40. The van der Waals surface area contributed by atoms with E-state index in [0.29, 0.717) is 6.61 Å². The summed E-state index contributed by atoms with van der Waals surface area (Å²) in [6, 6.07) is 10.3. The molecule has 0 bridgehead atoms. The summed E-state index contributed by atoms with van der Waals surface area (Å²) >= 11 is 0. The molecule has 3 nitrogen and oxygen atoms in total. The zero-order valence-corrected chi connectivity index (χ0v) is 11.2. The maximum absolute atomic E-state index is 8.24. The van der Waals surface area contributed by atoms with Gasteiger partial charge in [0.15, 0.2) is 0 Å². The van der Waals surface area contributed by atoms with Gasteiger partial charge >= 0.3 is 0 Å². The van der Waals surface area contributed by atoms with E-state index in [0.717, 1.165) is 26.6 Å². The number of aliphatic hydroxyl groups is 2. The Morgan fingerprint density at radius 1 is 1.06 bits per heavy atom. The summed E-state index contributed by atoms with van der Waals surface area (Å²) < 4.78 is 4.97. The highest BCUT2D eigenvalue weighted by Gasteiger charge is 1.82. The van der Waals surface area contributed by atoms with E-state index in [1.807, 2.05) is 18.2 Å². The lowest BCUT2D eigenvalue weighted by molar-refractivity contribution is 0.0904. The number of aryl methyl sites for hydroxylation is 1. The number of hydrogen-bond acceptors (Lipinski definition) is 3. The second kappa shape index (κ2) is 17.5. The molecule has 17 heavy (non-hydrogen) atoms. The fraction of sp³-hybridized carbons (Fsp3) is 0.571. The van der Waals surface area contributed by atoms with Gasteiger partial charge in [-0.3, -0.25) is 0 Å². The average molecular weight is 242 g/mol. The lowest BCUT2D eigenvalue weighted by Crippen LogP contribution is -1.99. The second-order valence-electron chi connectivity index (χ2n) is 3.34. The summed E-state index contributed by atoms with van der Waals surface area (Å²) in [6.45, 7) is 5.61. The first-order chi connectivity index (χ1) is 8.31. The molecule has 0 saturated carbocycles. The molecular formula is C14H26O3. The summed E-state index contributed by atoms with van der Waals surface area (Å²) in [4.78, 5) is 0. The van der Waals surface area contributed by atoms with Crippen LogP contribution in [0.5, 0.6) is 0 Å². The van der Waals surface area contributed by atoms with Crippen molar-refractivity contribution in [2.24, 2.45) is 0 Å². The van der Waals surface area contributed by atoms with Gasteiger partial charge in [0.2, 0.25) is 0 Å². The van der Waals surface area contributed by atoms with Crippen molar-refractivity contribution in [1.82, 2.24) is 0 Å². The fourth-order valence-corrected chi connectivity index (χ4v) is 0.947. The van der Waals surface area contributed by atoms with E-state index in [9.17, 15) is 0 Å². The van der Waals surface area contributed by atoms with Crippen LogP contribution in [0.4, 0.5) is 0 Å². The Hall–Kier alpha value is -0.900. The van der Waals surface area contributed by atoms with E-state index in [1.54, 1.807) is 0 Å². The van der Waals surface area contributed by atoms with Crippen LogP contribution in [0.2, 0.25) is 0 Å². The molecule has 1 rings (SSSR count). The Balaban J connectivity index is 0. The molecule has 1 aromatic rings. The number of hydrogen-bond donors (Lipinski definition) is 2. The van der Waals surface area contributed by atoms with Crippen LogP contribution in [0, 0.1) is 6.92 Å². The summed E-state index contributed by atoms with van der Waals surface area (Å²) in [6.07, 6.45) is 2.26. The molecule has 0 radical (unpaired) electrons. The van der Waals surface area contributed by atoms with Crippen LogP contribution in [0.25, 0.3) is 0 Å². The predicted molar refractivity (Wildman–Crippen MR) is 72.1 cm³/mol. The van der Waals surface area contributed by atoms with E-state index >= 15 is 0 Å². The second-order valence-corrected chi connectivity index (χ2v) is 3.34. The van der Waals surface area contributed by atoms with Gasteiger partial charge < -0.3 is 14.9 Å². The quantitative estimate of drug-likeness (QED) is 0.780. The number of ether oxygens (including phenoxy) is 1. The van der Waals surface area contributed by atoms with Crippen LogP contribution in [0.1, 0.15) is 25.3 Å². The Morgan fingerprint density at radius 2 is 1.65 bits per heavy atom. The summed E-state index contributed by atoms with van der Waals surface area (Å²) in [5.41, 5.74) is 1.32. The van der Waals surface area contributed by atoms with Crippen molar-refractivity contribution in [3.63, 3.8) is 0 Å². The van der Waals surface area contributed by atoms with Gasteiger partial charge in [0, 0.05) is 13.7 Å². The molecule has 100 valence electrons. The topological polar surface area (TPSA) is 49.7 Å². The zero-order valence-electron chi connectivity index (χ0n) is 11.2. The normalized spacial score (nSPS) is 8.53. The molecule has 0 aliphatic rings. The minimum Gasteiger partial charge on any atom is -0.400 e. The SMILES string of the molecule is CCCCOCCO.CO.Cc1ccccc1. The summed E-state index contributed by atoms with van der Waals surface area (Å²) in [5.74, 6) is 0. The van der Waals surface area contributed by atoms with Gasteiger partial charge in [-0.25, -0.2) is 0 Å². The third-order valence-electron chi connectivity index (χ3n) is 1.82. The molecule has 0 aliphatic carbocycles. The third kappa shape index (κ3) is 17.7. The lowest BCUT2D eigenvalue weighted by Gasteiger charge is -1.97. The monoisotopic (exact) mass is 242 g/mol. The van der Waals surface area contributed by atoms with Crippen molar-refractivity contribution in [3.05, 3.63) is 35.9 Å². The van der Waals surface area contributed by atoms with Crippen LogP contribution in [-0.4, -0.2) is 37.1 Å². The Labute approximate surface area is 105 Å². The molecule has 0 aromatic heterocycles. The Bertz CT molecular complexity index is 206. The molecule has 0 spiro atoms. The number of rotatable bonds is 5. The van der Waals surface area contributed by atoms with Gasteiger partial charge in [0.25, 0.3) is 0 Å². The zero-order chi connectivity index (χ0) is 13.4. The maximum Gasteiger partial charge on any atom is 0.0697 e. The molecule has 1 aromatic carbocycles. The van der Waals surface area contributed by atoms with Crippen molar-refractivity contribution >= 4 is 0 Å². The Morgan fingerprint density at radius 3 is 2.00 bits per heavy atom. The van der Waals surface area contributed by atoms with Crippen LogP contribution >= 0.6 is 0 Å². The van der Waals surface area contributed by atoms with Crippen molar-refractivity contribution in [2.45, 2.75) is 26.7 Å². The van der Waals surface area contributed by atoms with E-state index in [2.05, 4.69) is 26.0 Å². The first kappa shape index (κ1) is 18.5. The van der Waals surface area contributed by atoms with Crippen molar-refractivity contribution in [2.75, 3.05) is 26.9 Å². The summed E-state index contributed by atoms with van der Waals surface area (Å²) in [5, 5.41) is 15.2. The largest absolute Gasteiger partial charge is 0.400 e. The van der Waals surface area contributed by atoms with Crippen molar-refractivity contribution in [1.29, 1.82) is 0 Å². The molecule has 0 amide bonds. The minimum atomic E-state index is 0.143. The number of benzene rings is 1. The van der Waals surface area contributed by atoms with Crippen LogP contribution in [0.3, 0.4) is 0 Å². The van der Waals surface area contributed by atoms with E-state index in [-0.39, 0.29) is 6.61 Å². The van der Waals surface area contributed by atoms with Gasteiger partial charge in [-0.05, 0) is 13.3 Å². The van der Waals surface area contributed by atoms with Crippen LogP contribution < -0.4 is 0 Å². The van der Waals surface area contributed by atoms with Crippen LogP contribution in [0.15, 0.2) is 30.3 Å². The first-order valence-corrected chi connectivity index (χ1v) is 5.96. The summed E-state index contributed by atoms with van der Waals surface area (Å²) in [7, 11) is 1.00.